The Labute approximate surface area is 163 Å². The van der Waals surface area contributed by atoms with Gasteiger partial charge in [-0.1, -0.05) is 6.08 Å². The summed E-state index contributed by atoms with van der Waals surface area (Å²) in [5.41, 5.74) is 0.401. The zero-order valence-corrected chi connectivity index (χ0v) is 16.4. The summed E-state index contributed by atoms with van der Waals surface area (Å²) < 4.78 is 10.3. The monoisotopic (exact) mass is 394 g/mol. The number of esters is 2. The summed E-state index contributed by atoms with van der Waals surface area (Å²) >= 11 is 0. The fourth-order valence-electron chi connectivity index (χ4n) is 3.41. The van der Waals surface area contributed by atoms with E-state index in [-0.39, 0.29) is 49.6 Å². The van der Waals surface area contributed by atoms with E-state index in [0.29, 0.717) is 18.5 Å². The molecular formula is C19H26N2O7. The van der Waals surface area contributed by atoms with Crippen molar-refractivity contribution in [2.24, 2.45) is 11.8 Å². The molecule has 2 aliphatic rings. The Morgan fingerprint density at radius 1 is 1.18 bits per heavy atom. The Morgan fingerprint density at radius 3 is 2.54 bits per heavy atom. The molecule has 9 nitrogen and oxygen atoms in total. The van der Waals surface area contributed by atoms with Crippen LogP contribution < -0.4 is 5.32 Å². The van der Waals surface area contributed by atoms with Crippen LogP contribution >= 0.6 is 0 Å². The Bertz CT molecular complexity index is 700. The summed E-state index contributed by atoms with van der Waals surface area (Å²) in [6, 6.07) is 0. The Kier molecular flexibility index (Phi) is 7.31. The van der Waals surface area contributed by atoms with E-state index in [1.807, 2.05) is 0 Å². The van der Waals surface area contributed by atoms with E-state index in [1.165, 1.54) is 13.8 Å². The van der Waals surface area contributed by atoms with E-state index in [9.17, 15) is 24.0 Å². The van der Waals surface area contributed by atoms with Gasteiger partial charge in [-0.05, 0) is 19.3 Å². The maximum Gasteiger partial charge on any atom is 0.302 e. The molecule has 2 aliphatic heterocycles. The van der Waals surface area contributed by atoms with Crippen LogP contribution in [0.3, 0.4) is 0 Å². The number of allylic oxidation sites excluding steroid dienone is 1. The van der Waals surface area contributed by atoms with Gasteiger partial charge in [0.2, 0.25) is 11.8 Å². The molecule has 0 bridgehead atoms. The number of ether oxygens (including phenoxy) is 2. The third kappa shape index (κ3) is 6.17. The number of rotatable bonds is 5. The molecular weight excluding hydrogens is 368 g/mol. The standard InChI is InChI=1S/C19H26N2O7/c1-11-6-14(4-5-17(24)20-19(11)26)7-18(25)21-8-15(10-27-12(2)22)16(9-21)28-13(3)23/h6,14-16H,4-5,7-10H2,1-3H3,(H,20,24,26)/b11-6-. The van der Waals surface area contributed by atoms with Gasteiger partial charge in [0.05, 0.1) is 13.2 Å². The molecule has 2 heterocycles. The highest BCUT2D eigenvalue weighted by Crippen LogP contribution is 2.25. The number of nitrogens with one attached hydrogen (secondary N) is 1. The number of likely N-dealkylation sites (tertiary alicyclic amines) is 1. The van der Waals surface area contributed by atoms with Gasteiger partial charge in [0.15, 0.2) is 0 Å². The molecule has 3 unspecified atom stereocenters. The first kappa shape index (κ1) is 21.6. The lowest BCUT2D eigenvalue weighted by atomic mass is 9.94. The smallest absolute Gasteiger partial charge is 0.302 e. The van der Waals surface area contributed by atoms with Crippen LogP contribution in [-0.2, 0) is 33.4 Å². The van der Waals surface area contributed by atoms with E-state index in [1.54, 1.807) is 17.9 Å². The number of carbonyl (C=O) groups excluding carboxylic acids is 5. The van der Waals surface area contributed by atoms with Gasteiger partial charge in [0.25, 0.3) is 5.91 Å². The molecule has 154 valence electrons. The number of nitrogens with zero attached hydrogens (tertiary/aromatic N) is 1. The van der Waals surface area contributed by atoms with Crippen molar-refractivity contribution in [3.8, 4) is 0 Å². The molecule has 3 atom stereocenters. The van der Waals surface area contributed by atoms with E-state index in [2.05, 4.69) is 5.32 Å². The van der Waals surface area contributed by atoms with Gasteiger partial charge in [-0.3, -0.25) is 29.3 Å². The Balaban J connectivity index is 2.03. The SMILES string of the molecule is CC(=O)OCC1CN(C(=O)CC2/C=C(/C)C(=O)NC(=O)CC2)CC1OC(C)=O. The maximum absolute atomic E-state index is 12.8. The number of hydrogen-bond acceptors (Lipinski definition) is 7. The number of hydrogen-bond donors (Lipinski definition) is 1. The Morgan fingerprint density at radius 2 is 1.89 bits per heavy atom. The summed E-state index contributed by atoms with van der Waals surface area (Å²) in [5.74, 6) is -2.39. The van der Waals surface area contributed by atoms with Gasteiger partial charge < -0.3 is 14.4 Å². The minimum Gasteiger partial charge on any atom is -0.465 e. The minimum atomic E-state index is -0.539. The lowest BCUT2D eigenvalue weighted by Crippen LogP contribution is -2.35. The van der Waals surface area contributed by atoms with Crippen LogP contribution in [0.4, 0.5) is 0 Å². The lowest BCUT2D eigenvalue weighted by molar-refractivity contribution is -0.150. The van der Waals surface area contributed by atoms with Gasteiger partial charge in [-0.2, -0.15) is 0 Å². The third-order valence-corrected chi connectivity index (χ3v) is 4.83. The number of carbonyl (C=O) groups is 5. The van der Waals surface area contributed by atoms with Crippen LogP contribution in [0.5, 0.6) is 0 Å². The zero-order chi connectivity index (χ0) is 20.8. The molecule has 0 aliphatic carbocycles. The van der Waals surface area contributed by atoms with Crippen LogP contribution in [0.25, 0.3) is 0 Å². The molecule has 9 heteroatoms. The molecule has 0 saturated carbocycles. The highest BCUT2D eigenvalue weighted by Gasteiger charge is 2.38. The van der Waals surface area contributed by atoms with Crippen molar-refractivity contribution in [1.82, 2.24) is 10.2 Å². The molecule has 1 N–H and O–H groups in total. The average Bonchev–Trinajstić information content (AvgIpc) is 2.99. The number of imide groups is 1. The second kappa shape index (κ2) is 9.48. The molecule has 0 aromatic rings. The molecule has 0 aromatic carbocycles. The number of amides is 3. The van der Waals surface area contributed by atoms with Crippen LogP contribution in [0, 0.1) is 11.8 Å². The minimum absolute atomic E-state index is 0.0637. The molecule has 1 fully saturated rings. The summed E-state index contributed by atoms with van der Waals surface area (Å²) in [6.07, 6.45) is 1.95. The van der Waals surface area contributed by atoms with Crippen LogP contribution in [0.15, 0.2) is 11.6 Å². The van der Waals surface area contributed by atoms with E-state index < -0.39 is 23.9 Å². The maximum atomic E-state index is 12.8. The lowest BCUT2D eigenvalue weighted by Gasteiger charge is -2.21. The average molecular weight is 394 g/mol. The second-order valence-electron chi connectivity index (χ2n) is 7.24. The van der Waals surface area contributed by atoms with Crippen molar-refractivity contribution in [2.45, 2.75) is 46.1 Å². The third-order valence-electron chi connectivity index (χ3n) is 4.83. The van der Waals surface area contributed by atoms with Crippen molar-refractivity contribution < 1.29 is 33.4 Å². The van der Waals surface area contributed by atoms with E-state index in [0.717, 1.165) is 0 Å². The Hall–Kier alpha value is -2.71. The highest BCUT2D eigenvalue weighted by atomic mass is 16.6. The fourth-order valence-corrected chi connectivity index (χ4v) is 3.41. The summed E-state index contributed by atoms with van der Waals surface area (Å²) in [7, 11) is 0. The topological polar surface area (TPSA) is 119 Å². The van der Waals surface area contributed by atoms with Crippen molar-refractivity contribution >= 4 is 29.7 Å². The largest absolute Gasteiger partial charge is 0.465 e. The van der Waals surface area contributed by atoms with Gasteiger partial charge in [0.1, 0.15) is 6.10 Å². The van der Waals surface area contributed by atoms with E-state index >= 15 is 0 Å². The molecule has 2 rings (SSSR count). The quantitative estimate of drug-likeness (QED) is 0.527. The molecule has 0 aromatic heterocycles. The van der Waals surface area contributed by atoms with Crippen molar-refractivity contribution in [3.05, 3.63) is 11.6 Å². The van der Waals surface area contributed by atoms with Gasteiger partial charge in [0, 0.05) is 44.7 Å². The first-order valence-corrected chi connectivity index (χ1v) is 9.26. The first-order valence-electron chi connectivity index (χ1n) is 9.26. The van der Waals surface area contributed by atoms with Crippen LogP contribution in [-0.4, -0.2) is 60.4 Å². The van der Waals surface area contributed by atoms with E-state index in [4.69, 9.17) is 9.47 Å². The van der Waals surface area contributed by atoms with Crippen LogP contribution in [0.1, 0.15) is 40.0 Å². The highest BCUT2D eigenvalue weighted by molar-refractivity contribution is 6.04. The second-order valence-corrected chi connectivity index (χ2v) is 7.24. The molecule has 28 heavy (non-hydrogen) atoms. The predicted octanol–water partition coefficient (Wildman–Crippen LogP) is 0.329. The summed E-state index contributed by atoms with van der Waals surface area (Å²) in [5, 5.41) is 2.28. The normalized spacial score (nSPS) is 27.2. The first-order chi connectivity index (χ1) is 13.2. The van der Waals surface area contributed by atoms with Gasteiger partial charge >= 0.3 is 11.9 Å². The van der Waals surface area contributed by atoms with Crippen molar-refractivity contribution in [1.29, 1.82) is 0 Å². The summed E-state index contributed by atoms with van der Waals surface area (Å²) in [6.45, 7) is 4.77. The molecule has 0 spiro atoms. The molecule has 0 radical (unpaired) electrons. The van der Waals surface area contributed by atoms with Gasteiger partial charge in [-0.15, -0.1) is 0 Å². The van der Waals surface area contributed by atoms with Crippen molar-refractivity contribution in [3.63, 3.8) is 0 Å². The van der Waals surface area contributed by atoms with Crippen molar-refractivity contribution in [2.75, 3.05) is 19.7 Å². The predicted molar refractivity (Wildman–Crippen MR) is 96.5 cm³/mol. The van der Waals surface area contributed by atoms with Crippen LogP contribution in [0.2, 0.25) is 0 Å². The fraction of sp³-hybridized carbons (Fsp3) is 0.632. The molecule has 3 amide bonds. The van der Waals surface area contributed by atoms with Gasteiger partial charge in [-0.25, -0.2) is 0 Å². The summed E-state index contributed by atoms with van der Waals surface area (Å²) in [4.78, 5) is 60.2. The molecule has 1 saturated heterocycles. The zero-order valence-electron chi connectivity index (χ0n) is 16.4.